The topological polar surface area (TPSA) is 162 Å². The molecule has 4 saturated heterocycles. The number of rotatable bonds is 9. The van der Waals surface area contributed by atoms with Gasteiger partial charge in [-0.1, -0.05) is 70.6 Å². The van der Waals surface area contributed by atoms with Gasteiger partial charge in [0.15, 0.2) is 18.4 Å². The molecule has 6 heterocycles. The van der Waals surface area contributed by atoms with Crippen molar-refractivity contribution >= 4 is 5.97 Å². The molecule has 0 amide bonds. The van der Waals surface area contributed by atoms with E-state index < -0.39 is 66.4 Å². The maximum absolute atomic E-state index is 14.4. The standard InChI is InChI=1S/C49H75NO13/c1-12-26(2)44-29(5)18-19-48(63-44)24-35-21-34(62-48)17-16-28(4)43(27(3)14-13-15-33-25-56-46-42(51)30(6)20-36(47(52)59-35)49(33,46)53)60-40-23-38(55-11)45(32(8)58-40)61-39-22-37(54-10)41(50-9)31(7)57-39/h13-16,18-20,26-27,29,31-32,34-46,50-51,53H,12,17,21-25H2,1-11H3/b14-13+,28-16-,33-15+/t26-,27-,29-,31-,32-,34+,35-,36-,37-,38-,39-,40-,41-,42+,43-,44+,45-,46+,48+,49+/m0/s1. The molecule has 0 unspecified atom stereocenters. The summed E-state index contributed by atoms with van der Waals surface area (Å²) in [6.07, 6.45) is 10.7. The van der Waals surface area contributed by atoms with Crippen molar-refractivity contribution in [3.8, 4) is 0 Å². The molecule has 0 aromatic heterocycles. The van der Waals surface area contributed by atoms with Crippen LogP contribution in [-0.2, 0) is 52.2 Å². The second kappa shape index (κ2) is 20.3. The van der Waals surface area contributed by atoms with Crippen LogP contribution < -0.4 is 5.32 Å². The normalized spacial score (nSPS) is 48.6. The quantitative estimate of drug-likeness (QED) is 0.194. The fourth-order valence-electron chi connectivity index (χ4n) is 11.0. The molecule has 0 radical (unpaired) electrons. The predicted molar refractivity (Wildman–Crippen MR) is 234 cm³/mol. The Balaban J connectivity index is 1.18. The molecular formula is C49H75NO13. The van der Waals surface area contributed by atoms with E-state index in [1.165, 1.54) is 0 Å². The SMILES string of the molecule is CC[C@H](C)[C@H]1O[C@]2(C=C[C@@H]1C)C[C@@H]1C[C@@H](C/C=C(/C)[C@@H](O[C@H]3C[C@H](OC)[C@@H](O[C@H]4C[C@H](OC)[C@@H](NC)[C@H](C)O4)[C@H](C)O3)[C@@H](C)/C=C/C=C3\CO[C@@H]4[C@H](O)C(C)=C[C@@H](C(=O)O1)[C@]34O)O2. The lowest BCUT2D eigenvalue weighted by Crippen LogP contribution is -2.58. The Labute approximate surface area is 374 Å². The van der Waals surface area contributed by atoms with Crippen molar-refractivity contribution in [3.05, 3.63) is 59.3 Å². The highest BCUT2D eigenvalue weighted by Crippen LogP contribution is 2.47. The van der Waals surface area contributed by atoms with Crippen molar-refractivity contribution in [1.29, 1.82) is 0 Å². The largest absolute Gasteiger partial charge is 0.462 e. The molecule has 14 heteroatoms. The zero-order chi connectivity index (χ0) is 45.4. The molecular weight excluding hydrogens is 811 g/mol. The van der Waals surface area contributed by atoms with Gasteiger partial charge in [0.2, 0.25) is 0 Å². The van der Waals surface area contributed by atoms with Crippen molar-refractivity contribution < 1.29 is 62.4 Å². The van der Waals surface area contributed by atoms with Crippen molar-refractivity contribution in [2.24, 2.45) is 23.7 Å². The summed E-state index contributed by atoms with van der Waals surface area (Å²) in [4.78, 5) is 14.4. The number of nitrogens with one attached hydrogen (secondary N) is 1. The van der Waals surface area contributed by atoms with E-state index in [0.717, 1.165) is 12.0 Å². The Morgan fingerprint density at radius 1 is 0.921 bits per heavy atom. The second-order valence-electron chi connectivity index (χ2n) is 19.3. The van der Waals surface area contributed by atoms with Gasteiger partial charge < -0.3 is 62.9 Å². The third-order valence-corrected chi connectivity index (χ3v) is 14.9. The molecule has 63 heavy (non-hydrogen) atoms. The Hall–Kier alpha value is -2.31. The highest BCUT2D eigenvalue weighted by molar-refractivity contribution is 5.78. The third kappa shape index (κ3) is 10.0. The van der Waals surface area contributed by atoms with Gasteiger partial charge >= 0.3 is 5.97 Å². The summed E-state index contributed by atoms with van der Waals surface area (Å²) in [5, 5.41) is 27.1. The molecule has 20 atom stereocenters. The van der Waals surface area contributed by atoms with Gasteiger partial charge in [0.25, 0.3) is 0 Å². The number of allylic oxidation sites excluding steroid dienone is 2. The molecule has 2 bridgehead atoms. The van der Waals surface area contributed by atoms with Crippen molar-refractivity contribution in [1.82, 2.24) is 5.32 Å². The number of aliphatic hydroxyl groups is 2. The zero-order valence-electron chi connectivity index (χ0n) is 39.3. The lowest BCUT2D eigenvalue weighted by Gasteiger charge is -2.48. The monoisotopic (exact) mass is 886 g/mol. The van der Waals surface area contributed by atoms with Crippen LogP contribution in [0.4, 0.5) is 0 Å². The molecule has 7 rings (SSSR count). The maximum Gasteiger partial charge on any atom is 0.316 e. The van der Waals surface area contributed by atoms with Gasteiger partial charge in [-0.2, -0.15) is 0 Å². The average molecular weight is 886 g/mol. The minimum absolute atomic E-state index is 0.0411. The van der Waals surface area contributed by atoms with Crippen LogP contribution in [0.1, 0.15) is 93.9 Å². The Morgan fingerprint density at radius 2 is 1.63 bits per heavy atom. The zero-order valence-corrected chi connectivity index (χ0v) is 39.3. The fourth-order valence-corrected chi connectivity index (χ4v) is 11.0. The number of carbonyl (C=O) groups excluding carboxylic acids is 1. The van der Waals surface area contributed by atoms with Crippen LogP contribution in [0.3, 0.4) is 0 Å². The van der Waals surface area contributed by atoms with Crippen LogP contribution in [0.25, 0.3) is 0 Å². The number of carbonyl (C=O) groups is 1. The number of esters is 1. The molecule has 0 aromatic rings. The first-order chi connectivity index (χ1) is 30.0. The summed E-state index contributed by atoms with van der Waals surface area (Å²) in [5.74, 6) is -2.51. The number of hydrogen-bond donors (Lipinski definition) is 3. The molecule has 6 aliphatic heterocycles. The van der Waals surface area contributed by atoms with Crippen LogP contribution in [0.15, 0.2) is 59.3 Å². The van der Waals surface area contributed by atoms with Crippen LogP contribution in [-0.4, -0.2) is 141 Å². The smallest absolute Gasteiger partial charge is 0.316 e. The number of likely N-dealkylation sites (N-methyl/N-ethyl adjacent to an activating group) is 1. The van der Waals surface area contributed by atoms with Crippen molar-refractivity contribution in [2.75, 3.05) is 27.9 Å². The highest BCUT2D eigenvalue weighted by atomic mass is 16.7. The third-order valence-electron chi connectivity index (χ3n) is 14.9. The Kier molecular flexibility index (Phi) is 15.7. The Morgan fingerprint density at radius 3 is 2.35 bits per heavy atom. The minimum Gasteiger partial charge on any atom is -0.462 e. The van der Waals surface area contributed by atoms with Crippen LogP contribution >= 0.6 is 0 Å². The first kappa shape index (κ1) is 48.6. The maximum atomic E-state index is 14.4. The van der Waals surface area contributed by atoms with E-state index in [1.807, 2.05) is 39.1 Å². The summed E-state index contributed by atoms with van der Waals surface area (Å²) < 4.78 is 64.6. The van der Waals surface area contributed by atoms with E-state index >= 15 is 0 Å². The van der Waals surface area contributed by atoms with E-state index in [0.29, 0.717) is 43.3 Å². The first-order valence-electron chi connectivity index (χ1n) is 23.4. The number of hydrogen-bond acceptors (Lipinski definition) is 14. The van der Waals surface area contributed by atoms with Crippen LogP contribution in [0.5, 0.6) is 0 Å². The van der Waals surface area contributed by atoms with Gasteiger partial charge in [-0.25, -0.2) is 0 Å². The van der Waals surface area contributed by atoms with Crippen molar-refractivity contribution in [2.45, 2.75) is 191 Å². The summed E-state index contributed by atoms with van der Waals surface area (Å²) in [7, 11) is 5.30. The lowest BCUT2D eigenvalue weighted by atomic mass is 9.71. The van der Waals surface area contributed by atoms with E-state index in [1.54, 1.807) is 33.3 Å². The molecule has 7 aliphatic rings. The van der Waals surface area contributed by atoms with Gasteiger partial charge in [0.1, 0.15) is 35.9 Å². The molecule has 14 nitrogen and oxygen atoms in total. The van der Waals surface area contributed by atoms with Gasteiger partial charge in [0.05, 0.1) is 55.4 Å². The Bertz CT molecular complexity index is 1750. The molecule has 354 valence electrons. The van der Waals surface area contributed by atoms with Gasteiger partial charge in [-0.05, 0) is 69.9 Å². The van der Waals surface area contributed by atoms with Gasteiger partial charge in [0, 0.05) is 51.7 Å². The second-order valence-corrected chi connectivity index (χ2v) is 19.3. The molecule has 0 aromatic carbocycles. The summed E-state index contributed by atoms with van der Waals surface area (Å²) in [6.45, 7) is 16.4. The number of fused-ring (bicyclic) bond motifs is 2. The van der Waals surface area contributed by atoms with Crippen molar-refractivity contribution in [3.63, 3.8) is 0 Å². The fraction of sp³-hybridized carbons (Fsp3) is 0.776. The lowest BCUT2D eigenvalue weighted by molar-refractivity contribution is -0.312. The highest BCUT2D eigenvalue weighted by Gasteiger charge is 2.60. The summed E-state index contributed by atoms with van der Waals surface area (Å²) >= 11 is 0. The average Bonchev–Trinajstić information content (AvgIpc) is 3.60. The molecule has 1 aliphatic carbocycles. The minimum atomic E-state index is -1.83. The van der Waals surface area contributed by atoms with E-state index in [2.05, 4.69) is 52.1 Å². The van der Waals surface area contributed by atoms with E-state index in [-0.39, 0.29) is 67.0 Å². The molecule has 4 fully saturated rings. The number of ether oxygens (including phenoxy) is 10. The summed E-state index contributed by atoms with van der Waals surface area (Å²) in [5.41, 5.74) is 0.180. The molecule has 0 saturated carbocycles. The van der Waals surface area contributed by atoms with Gasteiger partial charge in [-0.3, -0.25) is 4.79 Å². The molecule has 3 N–H and O–H groups in total. The van der Waals surface area contributed by atoms with Gasteiger partial charge in [-0.15, -0.1) is 0 Å². The van der Waals surface area contributed by atoms with E-state index in [9.17, 15) is 15.0 Å². The van der Waals surface area contributed by atoms with Crippen LogP contribution in [0.2, 0.25) is 0 Å². The number of methoxy groups -OCH3 is 2. The first-order valence-corrected chi connectivity index (χ1v) is 23.4. The number of aliphatic hydroxyl groups excluding tert-OH is 1. The van der Waals surface area contributed by atoms with Crippen LogP contribution in [0, 0.1) is 23.7 Å². The van der Waals surface area contributed by atoms with E-state index in [4.69, 9.17) is 47.4 Å². The summed E-state index contributed by atoms with van der Waals surface area (Å²) in [6, 6.07) is 0.0442. The predicted octanol–water partition coefficient (Wildman–Crippen LogP) is 5.60. The molecule has 1 spiro atoms.